The SMILES string of the molecule is COc1ccc(C(=O)CN2CCN(S(=O)(=O)c3ccc(C(C)C)cc3)CC2)cc1OC. The van der Waals surface area contributed by atoms with Crippen molar-refractivity contribution in [1.82, 2.24) is 9.21 Å². The lowest BCUT2D eigenvalue weighted by molar-refractivity contribution is 0.0901. The fourth-order valence-corrected chi connectivity index (χ4v) is 5.03. The Hall–Kier alpha value is -2.42. The molecule has 0 aromatic heterocycles. The Morgan fingerprint density at radius 3 is 2.10 bits per heavy atom. The highest BCUT2D eigenvalue weighted by Gasteiger charge is 2.29. The van der Waals surface area contributed by atoms with Crippen molar-refractivity contribution in [2.24, 2.45) is 0 Å². The maximum atomic E-state index is 13.0. The first-order valence-corrected chi connectivity index (χ1v) is 11.8. The van der Waals surface area contributed by atoms with Crippen molar-refractivity contribution in [3.05, 3.63) is 53.6 Å². The predicted molar refractivity (Wildman–Crippen MR) is 120 cm³/mol. The molecule has 1 aliphatic rings. The molecular weight excluding hydrogens is 416 g/mol. The van der Waals surface area contributed by atoms with Gasteiger partial charge < -0.3 is 9.47 Å². The van der Waals surface area contributed by atoms with Crippen LogP contribution in [0.25, 0.3) is 0 Å². The van der Waals surface area contributed by atoms with Crippen LogP contribution in [0.2, 0.25) is 0 Å². The lowest BCUT2D eigenvalue weighted by Gasteiger charge is -2.33. The van der Waals surface area contributed by atoms with Crippen molar-refractivity contribution in [3.63, 3.8) is 0 Å². The third-order valence-electron chi connectivity index (χ3n) is 5.59. The summed E-state index contributed by atoms with van der Waals surface area (Å²) in [6.07, 6.45) is 0. The highest BCUT2D eigenvalue weighted by Crippen LogP contribution is 2.28. The number of hydrogen-bond acceptors (Lipinski definition) is 6. The quantitative estimate of drug-likeness (QED) is 0.580. The summed E-state index contributed by atoms with van der Waals surface area (Å²) >= 11 is 0. The smallest absolute Gasteiger partial charge is 0.243 e. The molecule has 0 aliphatic carbocycles. The van der Waals surface area contributed by atoms with E-state index in [-0.39, 0.29) is 12.3 Å². The second-order valence-electron chi connectivity index (χ2n) is 7.90. The predicted octanol–water partition coefficient (Wildman–Crippen LogP) is 3.02. The maximum absolute atomic E-state index is 13.0. The van der Waals surface area contributed by atoms with Crippen LogP contribution in [0.15, 0.2) is 47.4 Å². The molecule has 8 heteroatoms. The van der Waals surface area contributed by atoms with Crippen LogP contribution in [0.5, 0.6) is 11.5 Å². The summed E-state index contributed by atoms with van der Waals surface area (Å²) in [5.74, 6) is 1.39. The van der Waals surface area contributed by atoms with Crippen LogP contribution in [0, 0.1) is 0 Å². The normalized spacial score (nSPS) is 15.8. The monoisotopic (exact) mass is 446 g/mol. The van der Waals surface area contributed by atoms with Crippen LogP contribution >= 0.6 is 0 Å². The third-order valence-corrected chi connectivity index (χ3v) is 7.50. The number of nitrogens with zero attached hydrogens (tertiary/aromatic N) is 2. The summed E-state index contributed by atoms with van der Waals surface area (Å²) in [5.41, 5.74) is 1.65. The molecule has 31 heavy (non-hydrogen) atoms. The molecule has 0 N–H and O–H groups in total. The van der Waals surface area contributed by atoms with Crippen LogP contribution in [-0.4, -0.2) is 70.3 Å². The molecule has 0 unspecified atom stereocenters. The fraction of sp³-hybridized carbons (Fsp3) is 0.435. The van der Waals surface area contributed by atoms with Gasteiger partial charge in [0.05, 0.1) is 25.7 Å². The molecule has 0 saturated carbocycles. The van der Waals surface area contributed by atoms with E-state index in [1.807, 2.05) is 17.0 Å². The van der Waals surface area contributed by atoms with E-state index in [0.717, 1.165) is 5.56 Å². The number of carbonyl (C=O) groups is 1. The Bertz CT molecular complexity index is 1010. The van der Waals surface area contributed by atoms with Gasteiger partial charge in [0.1, 0.15) is 0 Å². The summed E-state index contributed by atoms with van der Waals surface area (Å²) in [7, 11) is -0.457. The number of Topliss-reactive ketones (excluding diaryl/α,β-unsaturated/α-hetero) is 1. The van der Waals surface area contributed by atoms with Gasteiger partial charge in [-0.05, 0) is 41.8 Å². The van der Waals surface area contributed by atoms with E-state index in [0.29, 0.717) is 54.1 Å². The van der Waals surface area contributed by atoms with Crippen molar-refractivity contribution in [3.8, 4) is 11.5 Å². The van der Waals surface area contributed by atoms with Gasteiger partial charge in [-0.25, -0.2) is 8.42 Å². The Balaban J connectivity index is 1.60. The van der Waals surface area contributed by atoms with Crippen molar-refractivity contribution in [2.75, 3.05) is 46.9 Å². The average Bonchev–Trinajstić information content (AvgIpc) is 2.78. The number of hydrogen-bond donors (Lipinski definition) is 0. The lowest BCUT2D eigenvalue weighted by Crippen LogP contribution is -2.49. The summed E-state index contributed by atoms with van der Waals surface area (Å²) < 4.78 is 37.9. The summed E-state index contributed by atoms with van der Waals surface area (Å²) in [6.45, 7) is 6.09. The molecule has 3 rings (SSSR count). The van der Waals surface area contributed by atoms with E-state index in [1.165, 1.54) is 11.4 Å². The molecular formula is C23H30N2O5S. The van der Waals surface area contributed by atoms with E-state index in [4.69, 9.17) is 9.47 Å². The van der Waals surface area contributed by atoms with E-state index >= 15 is 0 Å². The molecule has 2 aromatic carbocycles. The van der Waals surface area contributed by atoms with Crippen LogP contribution < -0.4 is 9.47 Å². The molecule has 0 bridgehead atoms. The van der Waals surface area contributed by atoms with Gasteiger partial charge in [-0.3, -0.25) is 9.69 Å². The highest BCUT2D eigenvalue weighted by atomic mass is 32.2. The van der Waals surface area contributed by atoms with Crippen LogP contribution in [0.1, 0.15) is 35.7 Å². The number of carbonyl (C=O) groups excluding carboxylic acids is 1. The Kier molecular flexibility index (Phi) is 7.35. The third kappa shape index (κ3) is 5.26. The first-order valence-electron chi connectivity index (χ1n) is 10.3. The Morgan fingerprint density at radius 2 is 1.55 bits per heavy atom. The number of piperazine rings is 1. The molecule has 168 valence electrons. The van der Waals surface area contributed by atoms with Crippen molar-refractivity contribution < 1.29 is 22.7 Å². The van der Waals surface area contributed by atoms with E-state index in [9.17, 15) is 13.2 Å². The summed E-state index contributed by atoms with van der Waals surface area (Å²) in [6, 6.07) is 12.2. The van der Waals surface area contributed by atoms with Gasteiger partial charge in [0, 0.05) is 31.7 Å². The number of methoxy groups -OCH3 is 2. The van der Waals surface area contributed by atoms with Crippen LogP contribution in [0.3, 0.4) is 0 Å². The van der Waals surface area contributed by atoms with E-state index in [2.05, 4.69) is 13.8 Å². The minimum absolute atomic E-state index is 0.0402. The van der Waals surface area contributed by atoms with Gasteiger partial charge in [0.15, 0.2) is 17.3 Å². The maximum Gasteiger partial charge on any atom is 0.243 e. The largest absolute Gasteiger partial charge is 0.493 e. The molecule has 0 spiro atoms. The van der Waals surface area contributed by atoms with Gasteiger partial charge in [-0.1, -0.05) is 26.0 Å². The molecule has 1 saturated heterocycles. The number of ether oxygens (including phenoxy) is 2. The number of ketones is 1. The minimum Gasteiger partial charge on any atom is -0.493 e. The highest BCUT2D eigenvalue weighted by molar-refractivity contribution is 7.89. The molecule has 0 atom stereocenters. The summed E-state index contributed by atoms with van der Waals surface area (Å²) in [5, 5.41) is 0. The second-order valence-corrected chi connectivity index (χ2v) is 9.83. The van der Waals surface area contributed by atoms with Gasteiger partial charge in [0.2, 0.25) is 10.0 Å². The minimum atomic E-state index is -3.53. The number of rotatable bonds is 8. The van der Waals surface area contributed by atoms with Gasteiger partial charge in [-0.2, -0.15) is 4.31 Å². The lowest BCUT2D eigenvalue weighted by atomic mass is 10.0. The van der Waals surface area contributed by atoms with Gasteiger partial charge >= 0.3 is 0 Å². The summed E-state index contributed by atoms with van der Waals surface area (Å²) in [4.78, 5) is 15.0. The number of sulfonamides is 1. The molecule has 1 fully saturated rings. The Labute approximate surface area is 184 Å². The Morgan fingerprint density at radius 1 is 0.935 bits per heavy atom. The molecule has 2 aromatic rings. The van der Waals surface area contributed by atoms with Crippen LogP contribution in [0.4, 0.5) is 0 Å². The zero-order chi connectivity index (χ0) is 22.6. The first kappa shape index (κ1) is 23.2. The first-order chi connectivity index (χ1) is 14.8. The number of benzene rings is 2. The molecule has 7 nitrogen and oxygen atoms in total. The topological polar surface area (TPSA) is 76.2 Å². The zero-order valence-electron chi connectivity index (χ0n) is 18.5. The second kappa shape index (κ2) is 9.80. The van der Waals surface area contributed by atoms with Crippen molar-refractivity contribution in [1.29, 1.82) is 0 Å². The van der Waals surface area contributed by atoms with Crippen molar-refractivity contribution >= 4 is 15.8 Å². The van der Waals surface area contributed by atoms with Gasteiger partial charge in [0.25, 0.3) is 0 Å². The zero-order valence-corrected chi connectivity index (χ0v) is 19.3. The van der Waals surface area contributed by atoms with E-state index < -0.39 is 10.0 Å². The molecule has 1 aliphatic heterocycles. The molecule has 0 amide bonds. The standard InChI is InChI=1S/C23H30N2O5S/c1-17(2)18-5-8-20(9-6-18)31(27,28)25-13-11-24(12-14-25)16-21(26)19-7-10-22(29-3)23(15-19)30-4/h5-10,15,17H,11-14,16H2,1-4H3. The average molecular weight is 447 g/mol. The molecule has 1 heterocycles. The van der Waals surface area contributed by atoms with Gasteiger partial charge in [-0.15, -0.1) is 0 Å². The fourth-order valence-electron chi connectivity index (χ4n) is 3.61. The van der Waals surface area contributed by atoms with E-state index in [1.54, 1.807) is 37.4 Å². The van der Waals surface area contributed by atoms with Crippen LogP contribution in [-0.2, 0) is 10.0 Å². The van der Waals surface area contributed by atoms with Crippen molar-refractivity contribution in [2.45, 2.75) is 24.7 Å². The molecule has 0 radical (unpaired) electrons.